The Kier molecular flexibility index (Phi) is 5.47. The summed E-state index contributed by atoms with van der Waals surface area (Å²) < 4.78 is 0. The van der Waals surface area contributed by atoms with E-state index in [9.17, 15) is 4.79 Å². The van der Waals surface area contributed by atoms with Gasteiger partial charge in [0.05, 0.1) is 5.69 Å². The first-order valence-corrected chi connectivity index (χ1v) is 7.72. The average molecular weight is 302 g/mol. The SMILES string of the molecule is CC(=O)Nc1nc(CCc2cc[c]cc2)c(CN(C)C)s1. The second-order valence-corrected chi connectivity index (χ2v) is 6.30. The summed E-state index contributed by atoms with van der Waals surface area (Å²) in [5.74, 6) is -0.0784. The fourth-order valence-corrected chi connectivity index (χ4v) is 3.22. The number of hydrogen-bond acceptors (Lipinski definition) is 4. The molecule has 1 aromatic carbocycles. The lowest BCUT2D eigenvalue weighted by Gasteiger charge is -2.08. The summed E-state index contributed by atoms with van der Waals surface area (Å²) in [5.41, 5.74) is 2.35. The molecule has 0 aliphatic carbocycles. The molecule has 21 heavy (non-hydrogen) atoms. The average Bonchev–Trinajstić information content (AvgIpc) is 2.77. The normalized spacial score (nSPS) is 10.9. The predicted octanol–water partition coefficient (Wildman–Crippen LogP) is 2.75. The van der Waals surface area contributed by atoms with Gasteiger partial charge in [0, 0.05) is 18.3 Å². The molecule has 1 N–H and O–H groups in total. The van der Waals surface area contributed by atoms with Crippen molar-refractivity contribution in [1.82, 2.24) is 9.88 Å². The molecule has 0 unspecified atom stereocenters. The van der Waals surface area contributed by atoms with Gasteiger partial charge in [-0.2, -0.15) is 0 Å². The summed E-state index contributed by atoms with van der Waals surface area (Å²) in [5, 5.41) is 3.47. The van der Waals surface area contributed by atoms with Crippen LogP contribution in [0.25, 0.3) is 0 Å². The Balaban J connectivity index is 2.11. The van der Waals surface area contributed by atoms with E-state index in [0.29, 0.717) is 5.13 Å². The van der Waals surface area contributed by atoms with Gasteiger partial charge in [-0.3, -0.25) is 4.79 Å². The molecule has 0 bridgehead atoms. The van der Waals surface area contributed by atoms with Gasteiger partial charge < -0.3 is 10.2 Å². The maximum absolute atomic E-state index is 11.2. The molecule has 0 saturated carbocycles. The molecular weight excluding hydrogens is 282 g/mol. The number of thiazole rings is 1. The van der Waals surface area contributed by atoms with E-state index in [-0.39, 0.29) is 5.91 Å². The highest BCUT2D eigenvalue weighted by atomic mass is 32.1. The molecule has 1 radical (unpaired) electrons. The van der Waals surface area contributed by atoms with Gasteiger partial charge in [0.1, 0.15) is 0 Å². The molecule has 0 aliphatic heterocycles. The Morgan fingerprint density at radius 2 is 2.05 bits per heavy atom. The highest BCUT2D eigenvalue weighted by Gasteiger charge is 2.12. The van der Waals surface area contributed by atoms with Crippen LogP contribution in [-0.2, 0) is 24.2 Å². The third-order valence-corrected chi connectivity index (χ3v) is 3.96. The van der Waals surface area contributed by atoms with Gasteiger partial charge in [0.25, 0.3) is 0 Å². The van der Waals surface area contributed by atoms with Crippen LogP contribution in [0.15, 0.2) is 24.3 Å². The fourth-order valence-electron chi connectivity index (χ4n) is 2.04. The number of nitrogens with one attached hydrogen (secondary N) is 1. The fraction of sp³-hybridized carbons (Fsp3) is 0.375. The van der Waals surface area contributed by atoms with Crippen LogP contribution in [-0.4, -0.2) is 29.9 Å². The lowest BCUT2D eigenvalue weighted by atomic mass is 10.1. The first-order chi connectivity index (χ1) is 10.0. The molecule has 0 aliphatic rings. The Morgan fingerprint density at radius 3 is 2.67 bits per heavy atom. The van der Waals surface area contributed by atoms with Gasteiger partial charge in [-0.25, -0.2) is 4.98 Å². The van der Waals surface area contributed by atoms with E-state index in [2.05, 4.69) is 33.4 Å². The molecular formula is C16H20N3OS. The molecule has 1 aromatic heterocycles. The zero-order chi connectivity index (χ0) is 15.2. The van der Waals surface area contributed by atoms with E-state index in [4.69, 9.17) is 0 Å². The molecule has 1 amide bonds. The first-order valence-electron chi connectivity index (χ1n) is 6.90. The molecule has 0 fully saturated rings. The zero-order valence-electron chi connectivity index (χ0n) is 12.6. The number of rotatable bonds is 6. The van der Waals surface area contributed by atoms with Gasteiger partial charge in [-0.05, 0) is 38.6 Å². The second-order valence-electron chi connectivity index (χ2n) is 5.22. The van der Waals surface area contributed by atoms with Gasteiger partial charge in [0.15, 0.2) is 5.13 Å². The smallest absolute Gasteiger partial charge is 0.223 e. The van der Waals surface area contributed by atoms with Crippen molar-refractivity contribution in [3.05, 3.63) is 46.5 Å². The molecule has 0 saturated heterocycles. The molecule has 2 rings (SSSR count). The highest BCUT2D eigenvalue weighted by Crippen LogP contribution is 2.25. The summed E-state index contributed by atoms with van der Waals surface area (Å²) in [6, 6.07) is 11.0. The highest BCUT2D eigenvalue weighted by molar-refractivity contribution is 7.15. The summed E-state index contributed by atoms with van der Waals surface area (Å²) in [7, 11) is 4.07. The summed E-state index contributed by atoms with van der Waals surface area (Å²) in [6.45, 7) is 2.35. The molecule has 4 nitrogen and oxygen atoms in total. The van der Waals surface area contributed by atoms with Gasteiger partial charge >= 0.3 is 0 Å². The van der Waals surface area contributed by atoms with Crippen molar-refractivity contribution in [3.63, 3.8) is 0 Å². The summed E-state index contributed by atoms with van der Waals surface area (Å²) >= 11 is 1.56. The van der Waals surface area contributed by atoms with Crippen LogP contribution >= 0.6 is 11.3 Å². The molecule has 111 valence electrons. The monoisotopic (exact) mass is 302 g/mol. The number of carbonyl (C=O) groups excluding carboxylic acids is 1. The van der Waals surface area contributed by atoms with E-state index in [1.54, 1.807) is 11.3 Å². The van der Waals surface area contributed by atoms with Crippen molar-refractivity contribution in [1.29, 1.82) is 0 Å². The lowest BCUT2D eigenvalue weighted by Crippen LogP contribution is -2.11. The maximum atomic E-state index is 11.2. The summed E-state index contributed by atoms with van der Waals surface area (Å²) in [6.07, 6.45) is 1.82. The van der Waals surface area contributed by atoms with Crippen LogP contribution in [0.2, 0.25) is 0 Å². The Morgan fingerprint density at radius 1 is 1.33 bits per heavy atom. The maximum Gasteiger partial charge on any atom is 0.223 e. The van der Waals surface area contributed by atoms with Crippen molar-refractivity contribution in [2.75, 3.05) is 19.4 Å². The Labute approximate surface area is 129 Å². The third kappa shape index (κ3) is 4.95. The lowest BCUT2D eigenvalue weighted by molar-refractivity contribution is -0.114. The number of benzene rings is 1. The van der Waals surface area contributed by atoms with Crippen molar-refractivity contribution < 1.29 is 4.79 Å². The quantitative estimate of drug-likeness (QED) is 0.892. The van der Waals surface area contributed by atoms with Crippen LogP contribution in [0.3, 0.4) is 0 Å². The zero-order valence-corrected chi connectivity index (χ0v) is 13.5. The van der Waals surface area contributed by atoms with Gasteiger partial charge in [-0.1, -0.05) is 24.3 Å². The Hall–Kier alpha value is -1.72. The van der Waals surface area contributed by atoms with Crippen LogP contribution < -0.4 is 5.32 Å². The Bertz CT molecular complexity index is 593. The van der Waals surface area contributed by atoms with E-state index in [1.807, 2.05) is 26.2 Å². The van der Waals surface area contributed by atoms with Crippen molar-refractivity contribution in [3.8, 4) is 0 Å². The predicted molar refractivity (Wildman–Crippen MR) is 86.5 cm³/mol. The number of nitrogens with zero attached hydrogens (tertiary/aromatic N) is 2. The molecule has 0 atom stereocenters. The minimum Gasteiger partial charge on any atom is -0.304 e. The molecule has 1 heterocycles. The van der Waals surface area contributed by atoms with Gasteiger partial charge in [-0.15, -0.1) is 11.3 Å². The van der Waals surface area contributed by atoms with E-state index in [0.717, 1.165) is 25.1 Å². The topological polar surface area (TPSA) is 45.2 Å². The number of anilines is 1. The molecule has 2 aromatic rings. The number of amides is 1. The van der Waals surface area contributed by atoms with Gasteiger partial charge in [0.2, 0.25) is 5.91 Å². The third-order valence-electron chi connectivity index (χ3n) is 2.96. The number of aromatic nitrogens is 1. The largest absolute Gasteiger partial charge is 0.304 e. The van der Waals surface area contributed by atoms with Crippen LogP contribution in [0.4, 0.5) is 5.13 Å². The van der Waals surface area contributed by atoms with Crippen molar-refractivity contribution in [2.24, 2.45) is 0 Å². The first kappa shape index (κ1) is 15.7. The van der Waals surface area contributed by atoms with Crippen molar-refractivity contribution >= 4 is 22.4 Å². The van der Waals surface area contributed by atoms with Crippen molar-refractivity contribution in [2.45, 2.75) is 26.3 Å². The summed E-state index contributed by atoms with van der Waals surface area (Å²) in [4.78, 5) is 19.1. The number of aryl methyl sites for hydroxylation is 2. The second kappa shape index (κ2) is 7.33. The van der Waals surface area contributed by atoms with E-state index >= 15 is 0 Å². The van der Waals surface area contributed by atoms with Crippen LogP contribution in [0, 0.1) is 6.07 Å². The number of hydrogen-bond donors (Lipinski definition) is 1. The molecule has 5 heteroatoms. The minimum atomic E-state index is -0.0784. The minimum absolute atomic E-state index is 0.0784. The standard InChI is InChI=1S/C16H20N3OS/c1-12(20)17-16-18-14(15(21-16)11-19(2)3)10-9-13-7-5-4-6-8-13/h5-8H,9-11H2,1-3H3,(H,17,18,20). The molecule has 0 spiro atoms. The van der Waals surface area contributed by atoms with Crippen LogP contribution in [0.1, 0.15) is 23.1 Å². The van der Waals surface area contributed by atoms with E-state index < -0.39 is 0 Å². The van der Waals surface area contributed by atoms with E-state index in [1.165, 1.54) is 17.4 Å². The van der Waals surface area contributed by atoms with Crippen LogP contribution in [0.5, 0.6) is 0 Å². The number of carbonyl (C=O) groups is 1.